The van der Waals surface area contributed by atoms with Crippen LogP contribution in [0.3, 0.4) is 0 Å². The average Bonchev–Trinajstić information content (AvgIpc) is 3.05. The highest BCUT2D eigenvalue weighted by Crippen LogP contribution is 2.30. The number of benzene rings is 1. The van der Waals surface area contributed by atoms with E-state index in [0.29, 0.717) is 13.0 Å². The molecule has 5 heteroatoms. The van der Waals surface area contributed by atoms with Crippen LogP contribution in [-0.2, 0) is 9.59 Å². The van der Waals surface area contributed by atoms with Gasteiger partial charge in [0, 0.05) is 31.0 Å². The molecule has 4 nitrogen and oxygen atoms in total. The van der Waals surface area contributed by atoms with Crippen LogP contribution in [0.2, 0.25) is 0 Å². The Morgan fingerprint density at radius 3 is 2.62 bits per heavy atom. The zero-order chi connectivity index (χ0) is 15.0. The first-order chi connectivity index (χ1) is 10.1. The van der Waals surface area contributed by atoms with Crippen molar-refractivity contribution in [3.05, 3.63) is 29.8 Å². The average molecular weight is 304 g/mol. The Morgan fingerprint density at radius 2 is 2.00 bits per heavy atom. The van der Waals surface area contributed by atoms with Gasteiger partial charge in [-0.1, -0.05) is 17.7 Å². The summed E-state index contributed by atoms with van der Waals surface area (Å²) in [7, 11) is 0. The molecule has 112 valence electrons. The van der Waals surface area contributed by atoms with E-state index in [4.69, 9.17) is 0 Å². The van der Waals surface area contributed by atoms with E-state index < -0.39 is 0 Å². The summed E-state index contributed by atoms with van der Waals surface area (Å²) in [5, 5.41) is 0.237. The molecular weight excluding hydrogens is 284 g/mol. The first-order valence-electron chi connectivity index (χ1n) is 7.35. The molecule has 2 atom stereocenters. The molecule has 2 aliphatic heterocycles. The molecule has 0 spiro atoms. The van der Waals surface area contributed by atoms with Crippen LogP contribution in [0.1, 0.15) is 18.9 Å². The highest BCUT2D eigenvalue weighted by molar-refractivity contribution is 8.00. The van der Waals surface area contributed by atoms with E-state index in [9.17, 15) is 9.59 Å². The van der Waals surface area contributed by atoms with Crippen molar-refractivity contribution in [3.8, 4) is 0 Å². The Kier molecular flexibility index (Phi) is 3.93. The fraction of sp³-hybridized carbons (Fsp3) is 0.500. The van der Waals surface area contributed by atoms with Gasteiger partial charge in [0.1, 0.15) is 0 Å². The summed E-state index contributed by atoms with van der Waals surface area (Å²) >= 11 is 1.80. The lowest BCUT2D eigenvalue weighted by Gasteiger charge is -2.24. The van der Waals surface area contributed by atoms with E-state index in [-0.39, 0.29) is 23.1 Å². The molecule has 0 aromatic heterocycles. The van der Waals surface area contributed by atoms with E-state index in [1.54, 1.807) is 16.7 Å². The molecule has 2 aliphatic rings. The molecule has 2 heterocycles. The Morgan fingerprint density at radius 1 is 1.29 bits per heavy atom. The van der Waals surface area contributed by atoms with Gasteiger partial charge in [-0.3, -0.25) is 9.59 Å². The monoisotopic (exact) mass is 304 g/mol. The van der Waals surface area contributed by atoms with E-state index >= 15 is 0 Å². The summed E-state index contributed by atoms with van der Waals surface area (Å²) in [5.41, 5.74) is 2.06. The van der Waals surface area contributed by atoms with Crippen molar-refractivity contribution in [1.82, 2.24) is 4.90 Å². The molecule has 0 N–H and O–H groups in total. The number of carbonyl (C=O) groups is 2. The molecule has 0 aliphatic carbocycles. The van der Waals surface area contributed by atoms with Crippen LogP contribution in [0, 0.1) is 12.8 Å². The quantitative estimate of drug-likeness (QED) is 0.841. The Bertz CT molecular complexity index is 558. The van der Waals surface area contributed by atoms with Gasteiger partial charge < -0.3 is 9.80 Å². The van der Waals surface area contributed by atoms with E-state index in [0.717, 1.165) is 18.0 Å². The van der Waals surface area contributed by atoms with E-state index in [1.807, 2.05) is 36.1 Å². The van der Waals surface area contributed by atoms with Crippen molar-refractivity contribution in [2.75, 3.05) is 23.7 Å². The number of thioether (sulfide) groups is 1. The molecule has 21 heavy (non-hydrogen) atoms. The number of rotatable bonds is 2. The standard InChI is InChI=1S/C16H20N2O2S/c1-11-3-5-14(6-4-11)18-10-13(9-15(18)19)16(20)17-7-8-21-12(17)2/h3-6,12-13H,7-10H2,1-2H3. The fourth-order valence-corrected chi connectivity index (χ4v) is 4.00. The largest absolute Gasteiger partial charge is 0.330 e. The Labute approximate surface area is 129 Å². The Hall–Kier alpha value is -1.49. The summed E-state index contributed by atoms with van der Waals surface area (Å²) < 4.78 is 0. The molecule has 3 rings (SSSR count). The number of hydrogen-bond donors (Lipinski definition) is 0. The third-order valence-electron chi connectivity index (χ3n) is 4.23. The van der Waals surface area contributed by atoms with Gasteiger partial charge in [0.05, 0.1) is 11.3 Å². The second kappa shape index (κ2) is 5.72. The first kappa shape index (κ1) is 14.4. The zero-order valence-electron chi connectivity index (χ0n) is 12.4. The summed E-state index contributed by atoms with van der Waals surface area (Å²) in [5.74, 6) is 0.988. The molecule has 2 unspecified atom stereocenters. The minimum atomic E-state index is -0.194. The minimum absolute atomic E-state index is 0.0525. The highest BCUT2D eigenvalue weighted by Gasteiger charge is 2.39. The first-order valence-corrected chi connectivity index (χ1v) is 8.40. The van der Waals surface area contributed by atoms with Crippen LogP contribution in [0.5, 0.6) is 0 Å². The van der Waals surface area contributed by atoms with Crippen molar-refractivity contribution >= 4 is 29.3 Å². The van der Waals surface area contributed by atoms with Crippen molar-refractivity contribution in [2.24, 2.45) is 5.92 Å². The van der Waals surface area contributed by atoms with E-state index in [1.165, 1.54) is 5.56 Å². The molecule has 0 radical (unpaired) electrons. The van der Waals surface area contributed by atoms with Crippen LogP contribution in [-0.4, -0.2) is 40.9 Å². The third-order valence-corrected chi connectivity index (χ3v) is 5.39. The van der Waals surface area contributed by atoms with Gasteiger partial charge in [-0.2, -0.15) is 0 Å². The lowest BCUT2D eigenvalue weighted by molar-refractivity contribution is -0.135. The molecule has 2 saturated heterocycles. The van der Waals surface area contributed by atoms with Gasteiger partial charge in [-0.25, -0.2) is 0 Å². The molecular formula is C16H20N2O2S. The number of nitrogens with zero attached hydrogens (tertiary/aromatic N) is 2. The normalized spacial score (nSPS) is 25.7. The second-order valence-corrected chi connectivity index (χ2v) is 7.17. The summed E-state index contributed by atoms with van der Waals surface area (Å²) in [6.07, 6.45) is 0.334. The zero-order valence-corrected chi connectivity index (χ0v) is 13.2. The molecule has 2 amide bonds. The number of amides is 2. The molecule has 0 saturated carbocycles. The molecule has 2 fully saturated rings. The SMILES string of the molecule is Cc1ccc(N2CC(C(=O)N3CCSC3C)CC2=O)cc1. The Balaban J connectivity index is 1.72. The molecule has 1 aromatic carbocycles. The molecule has 1 aromatic rings. The van der Waals surface area contributed by atoms with Gasteiger partial charge in [0.15, 0.2) is 0 Å². The predicted molar refractivity (Wildman–Crippen MR) is 85.3 cm³/mol. The van der Waals surface area contributed by atoms with Crippen LogP contribution in [0.15, 0.2) is 24.3 Å². The van der Waals surface area contributed by atoms with Gasteiger partial charge >= 0.3 is 0 Å². The summed E-state index contributed by atoms with van der Waals surface area (Å²) in [4.78, 5) is 28.5. The number of carbonyl (C=O) groups excluding carboxylic acids is 2. The summed E-state index contributed by atoms with van der Waals surface area (Å²) in [6, 6.07) is 7.90. The van der Waals surface area contributed by atoms with Crippen molar-refractivity contribution in [1.29, 1.82) is 0 Å². The van der Waals surface area contributed by atoms with Crippen LogP contribution in [0.25, 0.3) is 0 Å². The number of aryl methyl sites for hydroxylation is 1. The maximum Gasteiger partial charge on any atom is 0.228 e. The predicted octanol–water partition coefficient (Wildman–Crippen LogP) is 2.27. The van der Waals surface area contributed by atoms with E-state index in [2.05, 4.69) is 6.92 Å². The van der Waals surface area contributed by atoms with Crippen molar-refractivity contribution < 1.29 is 9.59 Å². The van der Waals surface area contributed by atoms with Gasteiger partial charge in [-0.05, 0) is 26.0 Å². The topological polar surface area (TPSA) is 40.6 Å². The van der Waals surface area contributed by atoms with Crippen molar-refractivity contribution in [3.63, 3.8) is 0 Å². The van der Waals surface area contributed by atoms with Crippen LogP contribution >= 0.6 is 11.8 Å². The van der Waals surface area contributed by atoms with Gasteiger partial charge in [0.2, 0.25) is 11.8 Å². The maximum atomic E-state index is 12.6. The second-order valence-electron chi connectivity index (χ2n) is 5.74. The summed E-state index contributed by atoms with van der Waals surface area (Å²) in [6.45, 7) is 5.40. The fourth-order valence-electron chi connectivity index (χ4n) is 2.96. The minimum Gasteiger partial charge on any atom is -0.330 e. The van der Waals surface area contributed by atoms with Gasteiger partial charge in [0.25, 0.3) is 0 Å². The lowest BCUT2D eigenvalue weighted by atomic mass is 10.1. The van der Waals surface area contributed by atoms with Crippen LogP contribution < -0.4 is 4.90 Å². The van der Waals surface area contributed by atoms with Crippen molar-refractivity contribution in [2.45, 2.75) is 25.6 Å². The highest BCUT2D eigenvalue weighted by atomic mass is 32.2. The molecule has 0 bridgehead atoms. The lowest BCUT2D eigenvalue weighted by Crippen LogP contribution is -2.39. The van der Waals surface area contributed by atoms with Crippen LogP contribution in [0.4, 0.5) is 5.69 Å². The smallest absolute Gasteiger partial charge is 0.228 e. The number of anilines is 1. The maximum absolute atomic E-state index is 12.6. The number of hydrogen-bond acceptors (Lipinski definition) is 3. The van der Waals surface area contributed by atoms with Gasteiger partial charge in [-0.15, -0.1) is 11.8 Å². The third kappa shape index (κ3) is 2.79.